The lowest BCUT2D eigenvalue weighted by Gasteiger charge is -2.13. The van der Waals surface area contributed by atoms with Gasteiger partial charge in [-0.15, -0.1) is 0 Å². The number of aromatic nitrogens is 3. The first kappa shape index (κ1) is 19.5. The fourth-order valence-electron chi connectivity index (χ4n) is 2.61. The van der Waals surface area contributed by atoms with E-state index in [-0.39, 0.29) is 11.7 Å². The molecule has 0 aliphatic rings. The van der Waals surface area contributed by atoms with E-state index in [0.717, 1.165) is 5.69 Å². The molecule has 28 heavy (non-hydrogen) atoms. The van der Waals surface area contributed by atoms with Crippen molar-refractivity contribution in [2.24, 2.45) is 7.05 Å². The topological polar surface area (TPSA) is 92.8 Å². The zero-order valence-corrected chi connectivity index (χ0v) is 16.4. The van der Waals surface area contributed by atoms with Crippen molar-refractivity contribution in [1.82, 2.24) is 14.5 Å². The Morgan fingerprint density at radius 1 is 1.29 bits per heavy atom. The van der Waals surface area contributed by atoms with Gasteiger partial charge in [-0.3, -0.25) is 4.79 Å². The second kappa shape index (κ2) is 9.06. The Kier molecular flexibility index (Phi) is 6.29. The SMILES string of the molecule is CCOC(=O)CS/C(Nc1ccccc1)=C(\C#N)c1nc2cccnc2n1C. The molecule has 0 aliphatic heterocycles. The maximum atomic E-state index is 11.8. The lowest BCUT2D eigenvalue weighted by atomic mass is 10.3. The van der Waals surface area contributed by atoms with Gasteiger partial charge in [0.2, 0.25) is 0 Å². The largest absolute Gasteiger partial charge is 0.465 e. The number of aryl methyl sites for hydroxylation is 1. The summed E-state index contributed by atoms with van der Waals surface area (Å²) >= 11 is 1.21. The van der Waals surface area contributed by atoms with Crippen LogP contribution in [0.25, 0.3) is 16.7 Å². The highest BCUT2D eigenvalue weighted by Gasteiger charge is 2.19. The molecule has 0 unspecified atom stereocenters. The molecule has 0 saturated heterocycles. The zero-order valence-electron chi connectivity index (χ0n) is 15.5. The third-order valence-corrected chi connectivity index (χ3v) is 4.84. The number of rotatable bonds is 7. The van der Waals surface area contributed by atoms with Crippen LogP contribution in [0.3, 0.4) is 0 Å². The molecule has 2 aromatic heterocycles. The average molecular weight is 393 g/mol. The molecule has 0 saturated carbocycles. The summed E-state index contributed by atoms with van der Waals surface area (Å²) < 4.78 is 6.78. The summed E-state index contributed by atoms with van der Waals surface area (Å²) in [5.74, 6) is 0.214. The van der Waals surface area contributed by atoms with Crippen LogP contribution in [0, 0.1) is 11.3 Å². The molecule has 1 aromatic carbocycles. The van der Waals surface area contributed by atoms with E-state index < -0.39 is 0 Å². The fraction of sp³-hybridized carbons (Fsp3) is 0.200. The number of para-hydroxylation sites is 1. The van der Waals surface area contributed by atoms with Gasteiger partial charge in [-0.2, -0.15) is 5.26 Å². The third kappa shape index (κ3) is 4.32. The first-order valence-electron chi connectivity index (χ1n) is 8.66. The van der Waals surface area contributed by atoms with E-state index in [4.69, 9.17) is 4.74 Å². The number of nitrogens with zero attached hydrogens (tertiary/aromatic N) is 4. The second-order valence-electron chi connectivity index (χ2n) is 5.74. The summed E-state index contributed by atoms with van der Waals surface area (Å²) in [5, 5.41) is 13.7. The number of esters is 1. The molecule has 2 heterocycles. The van der Waals surface area contributed by atoms with Crippen molar-refractivity contribution >= 4 is 40.2 Å². The number of nitrogens with one attached hydrogen (secondary N) is 1. The Morgan fingerprint density at radius 3 is 2.75 bits per heavy atom. The van der Waals surface area contributed by atoms with E-state index in [1.54, 1.807) is 23.8 Å². The zero-order chi connectivity index (χ0) is 19.9. The number of imidazole rings is 1. The van der Waals surface area contributed by atoms with E-state index >= 15 is 0 Å². The van der Waals surface area contributed by atoms with E-state index in [1.807, 2.05) is 43.4 Å². The number of carbonyl (C=O) groups excluding carboxylic acids is 1. The number of thioether (sulfide) groups is 1. The van der Waals surface area contributed by atoms with Crippen LogP contribution in [0.1, 0.15) is 12.7 Å². The van der Waals surface area contributed by atoms with Gasteiger partial charge < -0.3 is 14.6 Å². The van der Waals surface area contributed by atoms with Crippen LogP contribution in [-0.4, -0.2) is 32.9 Å². The molecule has 0 atom stereocenters. The molecule has 7 nitrogen and oxygen atoms in total. The number of allylic oxidation sites excluding steroid dienone is 1. The molecule has 142 valence electrons. The van der Waals surface area contributed by atoms with Gasteiger partial charge in [-0.1, -0.05) is 30.0 Å². The van der Waals surface area contributed by atoms with Crippen molar-refractivity contribution in [1.29, 1.82) is 5.26 Å². The van der Waals surface area contributed by atoms with Gasteiger partial charge in [0.15, 0.2) is 11.5 Å². The smallest absolute Gasteiger partial charge is 0.316 e. The number of ether oxygens (including phenoxy) is 1. The first-order valence-corrected chi connectivity index (χ1v) is 9.65. The third-order valence-electron chi connectivity index (χ3n) is 3.86. The Labute approximate surface area is 167 Å². The fourth-order valence-corrected chi connectivity index (χ4v) is 3.42. The molecule has 0 radical (unpaired) electrons. The summed E-state index contributed by atoms with van der Waals surface area (Å²) in [6, 6.07) is 15.3. The molecule has 1 N–H and O–H groups in total. The molecular formula is C20H19N5O2S. The molecule has 0 fully saturated rings. The second-order valence-corrected chi connectivity index (χ2v) is 6.73. The molecular weight excluding hydrogens is 374 g/mol. The highest BCUT2D eigenvalue weighted by atomic mass is 32.2. The van der Waals surface area contributed by atoms with Crippen molar-refractivity contribution in [2.75, 3.05) is 17.7 Å². The Morgan fingerprint density at radius 2 is 2.07 bits per heavy atom. The summed E-state index contributed by atoms with van der Waals surface area (Å²) in [4.78, 5) is 20.7. The lowest BCUT2D eigenvalue weighted by molar-refractivity contribution is -0.139. The van der Waals surface area contributed by atoms with Crippen LogP contribution in [-0.2, 0) is 16.6 Å². The van der Waals surface area contributed by atoms with Crippen molar-refractivity contribution in [2.45, 2.75) is 6.92 Å². The number of nitriles is 1. The number of hydrogen-bond donors (Lipinski definition) is 1. The summed E-state index contributed by atoms with van der Waals surface area (Å²) in [5.41, 5.74) is 2.51. The molecule has 0 bridgehead atoms. The number of anilines is 1. The van der Waals surface area contributed by atoms with Crippen LogP contribution in [0.2, 0.25) is 0 Å². The van der Waals surface area contributed by atoms with Crippen LogP contribution >= 0.6 is 11.8 Å². The number of pyridine rings is 1. The standard InChI is InChI=1S/C20H19N5O2S/c1-3-27-17(26)13-28-20(23-14-8-5-4-6-9-14)15(12-21)18-24-16-10-7-11-22-19(16)25(18)2/h4-11,23H,3,13H2,1-2H3/b20-15+. The molecule has 3 rings (SSSR count). The number of carbonyl (C=O) groups is 1. The summed E-state index contributed by atoms with van der Waals surface area (Å²) in [6.07, 6.45) is 1.68. The van der Waals surface area contributed by atoms with E-state index in [9.17, 15) is 10.1 Å². The number of fused-ring (bicyclic) bond motifs is 1. The van der Waals surface area contributed by atoms with Gasteiger partial charge in [0, 0.05) is 18.9 Å². The minimum Gasteiger partial charge on any atom is -0.465 e. The van der Waals surface area contributed by atoms with E-state index in [1.165, 1.54) is 11.8 Å². The summed E-state index contributed by atoms with van der Waals surface area (Å²) in [7, 11) is 1.81. The van der Waals surface area contributed by atoms with Crippen LogP contribution in [0.15, 0.2) is 53.7 Å². The highest BCUT2D eigenvalue weighted by molar-refractivity contribution is 8.04. The van der Waals surface area contributed by atoms with Gasteiger partial charge in [0.25, 0.3) is 0 Å². The van der Waals surface area contributed by atoms with Gasteiger partial charge in [0.05, 0.1) is 17.4 Å². The summed E-state index contributed by atoms with van der Waals surface area (Å²) in [6.45, 7) is 2.07. The van der Waals surface area contributed by atoms with Gasteiger partial charge in [0.1, 0.15) is 17.2 Å². The maximum absolute atomic E-state index is 11.8. The molecule has 0 aliphatic carbocycles. The van der Waals surface area contributed by atoms with Crippen molar-refractivity contribution < 1.29 is 9.53 Å². The molecule has 8 heteroatoms. The van der Waals surface area contributed by atoms with Gasteiger partial charge >= 0.3 is 5.97 Å². The average Bonchev–Trinajstić information content (AvgIpc) is 3.04. The van der Waals surface area contributed by atoms with Crippen molar-refractivity contribution in [3.63, 3.8) is 0 Å². The highest BCUT2D eigenvalue weighted by Crippen LogP contribution is 2.29. The number of hydrogen-bond acceptors (Lipinski definition) is 7. The van der Waals surface area contributed by atoms with Crippen LogP contribution < -0.4 is 5.32 Å². The molecule has 0 amide bonds. The van der Waals surface area contributed by atoms with Gasteiger partial charge in [-0.25, -0.2) is 9.97 Å². The van der Waals surface area contributed by atoms with E-state index in [2.05, 4.69) is 21.4 Å². The Bertz CT molecular complexity index is 1050. The van der Waals surface area contributed by atoms with Crippen molar-refractivity contribution in [3.05, 3.63) is 59.5 Å². The quantitative estimate of drug-likeness (QED) is 0.484. The van der Waals surface area contributed by atoms with Crippen LogP contribution in [0.5, 0.6) is 0 Å². The Balaban J connectivity index is 2.04. The van der Waals surface area contributed by atoms with Crippen LogP contribution in [0.4, 0.5) is 5.69 Å². The first-order chi connectivity index (χ1) is 13.6. The predicted molar refractivity (Wildman–Crippen MR) is 110 cm³/mol. The minimum atomic E-state index is -0.344. The minimum absolute atomic E-state index is 0.0797. The van der Waals surface area contributed by atoms with Gasteiger partial charge in [-0.05, 0) is 31.2 Å². The van der Waals surface area contributed by atoms with E-state index in [0.29, 0.717) is 34.2 Å². The molecule has 0 spiro atoms. The normalized spacial score (nSPS) is 11.6. The lowest BCUT2D eigenvalue weighted by Crippen LogP contribution is -2.10. The predicted octanol–water partition coefficient (Wildman–Crippen LogP) is 3.57. The number of benzene rings is 1. The molecule has 3 aromatic rings. The Hall–Kier alpha value is -3.31. The van der Waals surface area contributed by atoms with Crippen molar-refractivity contribution in [3.8, 4) is 6.07 Å². The monoisotopic (exact) mass is 393 g/mol. The maximum Gasteiger partial charge on any atom is 0.316 e.